The Labute approximate surface area is 133 Å². The highest BCUT2D eigenvalue weighted by atomic mass is 35.5. The SMILES string of the molecule is COC(=O)c1cc(C(=O)N[C@H](C)c2cccc(Cl)c2)ccn1. The van der Waals surface area contributed by atoms with Crippen LogP contribution in [0.25, 0.3) is 0 Å². The number of nitrogens with zero attached hydrogens (tertiary/aromatic N) is 1. The second-order valence-electron chi connectivity index (χ2n) is 4.67. The van der Waals surface area contributed by atoms with E-state index in [0.29, 0.717) is 10.6 Å². The molecule has 1 heterocycles. The maximum absolute atomic E-state index is 12.3. The van der Waals surface area contributed by atoms with Crippen LogP contribution in [0.2, 0.25) is 5.02 Å². The first-order chi connectivity index (χ1) is 10.5. The molecular formula is C16H15ClN2O3. The van der Waals surface area contributed by atoms with Gasteiger partial charge >= 0.3 is 5.97 Å². The number of amides is 1. The smallest absolute Gasteiger partial charge is 0.356 e. The fraction of sp³-hybridized carbons (Fsp3) is 0.188. The lowest BCUT2D eigenvalue weighted by molar-refractivity contribution is 0.0594. The molecule has 1 aromatic heterocycles. The molecule has 22 heavy (non-hydrogen) atoms. The first-order valence-electron chi connectivity index (χ1n) is 6.62. The number of hydrogen-bond donors (Lipinski definition) is 1. The van der Waals surface area contributed by atoms with Gasteiger partial charge in [-0.15, -0.1) is 0 Å². The number of carbonyl (C=O) groups excluding carboxylic acids is 2. The Morgan fingerprint density at radius 1 is 1.27 bits per heavy atom. The van der Waals surface area contributed by atoms with Gasteiger partial charge in [-0.2, -0.15) is 0 Å². The predicted molar refractivity (Wildman–Crippen MR) is 82.9 cm³/mol. The molecular weight excluding hydrogens is 304 g/mol. The lowest BCUT2D eigenvalue weighted by Crippen LogP contribution is -2.27. The second-order valence-corrected chi connectivity index (χ2v) is 5.11. The third-order valence-electron chi connectivity index (χ3n) is 3.11. The molecule has 2 rings (SSSR count). The average molecular weight is 319 g/mol. The molecule has 6 heteroatoms. The van der Waals surface area contributed by atoms with E-state index in [1.807, 2.05) is 19.1 Å². The fourth-order valence-electron chi connectivity index (χ4n) is 1.93. The monoisotopic (exact) mass is 318 g/mol. The summed E-state index contributed by atoms with van der Waals surface area (Å²) >= 11 is 5.94. The van der Waals surface area contributed by atoms with E-state index in [2.05, 4.69) is 15.0 Å². The maximum atomic E-state index is 12.3. The normalized spacial score (nSPS) is 11.6. The van der Waals surface area contributed by atoms with Crippen molar-refractivity contribution < 1.29 is 14.3 Å². The highest BCUT2D eigenvalue weighted by Crippen LogP contribution is 2.18. The van der Waals surface area contributed by atoms with Gasteiger partial charge in [0.2, 0.25) is 0 Å². The molecule has 1 atom stereocenters. The Hall–Kier alpha value is -2.40. The van der Waals surface area contributed by atoms with Crippen LogP contribution in [0.15, 0.2) is 42.6 Å². The van der Waals surface area contributed by atoms with Crippen molar-refractivity contribution in [1.29, 1.82) is 0 Å². The standard InChI is InChI=1S/C16H15ClN2O3/c1-10(11-4-3-5-13(17)8-11)19-15(20)12-6-7-18-14(9-12)16(21)22-2/h3-10H,1-2H3,(H,19,20)/t10-/m1/s1. The van der Waals surface area contributed by atoms with Crippen LogP contribution in [0.4, 0.5) is 0 Å². The van der Waals surface area contributed by atoms with E-state index < -0.39 is 5.97 Å². The van der Waals surface area contributed by atoms with Gasteiger partial charge in [-0.25, -0.2) is 9.78 Å². The summed E-state index contributed by atoms with van der Waals surface area (Å²) in [5.74, 6) is -0.891. The highest BCUT2D eigenvalue weighted by molar-refractivity contribution is 6.30. The van der Waals surface area contributed by atoms with E-state index >= 15 is 0 Å². The molecule has 0 spiro atoms. The Bertz CT molecular complexity index is 703. The van der Waals surface area contributed by atoms with Crippen LogP contribution in [-0.4, -0.2) is 24.0 Å². The molecule has 1 N–H and O–H groups in total. The number of benzene rings is 1. The Morgan fingerprint density at radius 3 is 2.73 bits per heavy atom. The van der Waals surface area contributed by atoms with E-state index in [1.54, 1.807) is 12.1 Å². The summed E-state index contributed by atoms with van der Waals surface area (Å²) in [5, 5.41) is 3.45. The van der Waals surface area contributed by atoms with E-state index in [-0.39, 0.29) is 17.6 Å². The van der Waals surface area contributed by atoms with E-state index in [0.717, 1.165) is 5.56 Å². The zero-order chi connectivity index (χ0) is 16.1. The summed E-state index contributed by atoms with van der Waals surface area (Å²) in [6, 6.07) is 9.97. The van der Waals surface area contributed by atoms with E-state index in [9.17, 15) is 9.59 Å². The molecule has 0 aliphatic rings. The van der Waals surface area contributed by atoms with Crippen molar-refractivity contribution in [3.05, 3.63) is 64.4 Å². The molecule has 0 unspecified atom stereocenters. The number of methoxy groups -OCH3 is 1. The first kappa shape index (κ1) is 16.0. The van der Waals surface area contributed by atoms with Crippen molar-refractivity contribution in [3.8, 4) is 0 Å². The van der Waals surface area contributed by atoms with Gasteiger partial charge in [0.1, 0.15) is 5.69 Å². The number of esters is 1. The number of nitrogens with one attached hydrogen (secondary N) is 1. The zero-order valence-electron chi connectivity index (χ0n) is 12.2. The molecule has 0 radical (unpaired) electrons. The molecule has 0 saturated heterocycles. The number of carbonyl (C=O) groups is 2. The van der Waals surface area contributed by atoms with Crippen molar-refractivity contribution in [2.75, 3.05) is 7.11 Å². The summed E-state index contributed by atoms with van der Waals surface area (Å²) in [6.45, 7) is 1.85. The van der Waals surface area contributed by atoms with Gasteiger partial charge in [-0.3, -0.25) is 4.79 Å². The number of rotatable bonds is 4. The highest BCUT2D eigenvalue weighted by Gasteiger charge is 2.14. The third kappa shape index (κ3) is 3.83. The van der Waals surface area contributed by atoms with Crippen LogP contribution in [0.1, 0.15) is 39.4 Å². The Balaban J connectivity index is 2.13. The average Bonchev–Trinajstić information content (AvgIpc) is 2.54. The predicted octanol–water partition coefficient (Wildman–Crippen LogP) is 3.01. The summed E-state index contributed by atoms with van der Waals surface area (Å²) in [6.07, 6.45) is 1.39. The van der Waals surface area contributed by atoms with Crippen LogP contribution in [0, 0.1) is 0 Å². The minimum atomic E-state index is -0.586. The maximum Gasteiger partial charge on any atom is 0.356 e. The van der Waals surface area contributed by atoms with Gasteiger partial charge in [0.25, 0.3) is 5.91 Å². The zero-order valence-corrected chi connectivity index (χ0v) is 12.9. The lowest BCUT2D eigenvalue weighted by Gasteiger charge is -2.14. The topological polar surface area (TPSA) is 68.3 Å². The summed E-state index contributed by atoms with van der Waals surface area (Å²) in [4.78, 5) is 27.6. The summed E-state index contributed by atoms with van der Waals surface area (Å²) < 4.78 is 4.59. The molecule has 0 aliphatic heterocycles. The van der Waals surface area contributed by atoms with Crippen molar-refractivity contribution in [1.82, 2.24) is 10.3 Å². The molecule has 1 aromatic carbocycles. The van der Waals surface area contributed by atoms with Crippen LogP contribution in [0.5, 0.6) is 0 Å². The molecule has 5 nitrogen and oxygen atoms in total. The largest absolute Gasteiger partial charge is 0.464 e. The van der Waals surface area contributed by atoms with Crippen molar-refractivity contribution in [3.63, 3.8) is 0 Å². The number of pyridine rings is 1. The van der Waals surface area contributed by atoms with Crippen LogP contribution in [0.3, 0.4) is 0 Å². The third-order valence-corrected chi connectivity index (χ3v) is 3.35. The van der Waals surface area contributed by atoms with Gasteiger partial charge in [0.05, 0.1) is 13.2 Å². The van der Waals surface area contributed by atoms with Crippen molar-refractivity contribution >= 4 is 23.5 Å². The van der Waals surface area contributed by atoms with Gasteiger partial charge in [0.15, 0.2) is 0 Å². The van der Waals surface area contributed by atoms with Gasteiger partial charge in [-0.05, 0) is 36.8 Å². The van der Waals surface area contributed by atoms with E-state index in [4.69, 9.17) is 11.6 Å². The summed E-state index contributed by atoms with van der Waals surface area (Å²) in [5.41, 5.74) is 1.32. The van der Waals surface area contributed by atoms with Gasteiger partial charge in [-0.1, -0.05) is 23.7 Å². The lowest BCUT2D eigenvalue weighted by atomic mass is 10.1. The van der Waals surface area contributed by atoms with Crippen LogP contribution in [-0.2, 0) is 4.74 Å². The van der Waals surface area contributed by atoms with Crippen LogP contribution >= 0.6 is 11.6 Å². The number of aromatic nitrogens is 1. The van der Waals surface area contributed by atoms with E-state index in [1.165, 1.54) is 25.4 Å². The number of halogens is 1. The summed E-state index contributed by atoms with van der Waals surface area (Å²) in [7, 11) is 1.26. The van der Waals surface area contributed by atoms with Crippen molar-refractivity contribution in [2.45, 2.75) is 13.0 Å². The fourth-order valence-corrected chi connectivity index (χ4v) is 2.13. The first-order valence-corrected chi connectivity index (χ1v) is 6.99. The molecule has 114 valence electrons. The molecule has 1 amide bonds. The Kier molecular flexibility index (Phi) is 5.12. The molecule has 0 aliphatic carbocycles. The molecule has 0 fully saturated rings. The molecule has 0 saturated carbocycles. The van der Waals surface area contributed by atoms with Gasteiger partial charge < -0.3 is 10.1 Å². The van der Waals surface area contributed by atoms with Crippen molar-refractivity contribution in [2.24, 2.45) is 0 Å². The second kappa shape index (κ2) is 7.04. The number of ether oxygens (including phenoxy) is 1. The molecule has 0 bridgehead atoms. The Morgan fingerprint density at radius 2 is 2.05 bits per heavy atom. The minimum Gasteiger partial charge on any atom is -0.464 e. The number of hydrogen-bond acceptors (Lipinski definition) is 4. The molecule has 2 aromatic rings. The minimum absolute atomic E-state index is 0.0885. The quantitative estimate of drug-likeness (QED) is 0.880. The van der Waals surface area contributed by atoms with Crippen LogP contribution < -0.4 is 5.32 Å². The van der Waals surface area contributed by atoms with Gasteiger partial charge in [0, 0.05) is 16.8 Å².